The third-order valence-corrected chi connectivity index (χ3v) is 5.24. The van der Waals surface area contributed by atoms with Gasteiger partial charge in [-0.05, 0) is 17.7 Å². The van der Waals surface area contributed by atoms with Gasteiger partial charge in [0.25, 0.3) is 5.91 Å². The summed E-state index contributed by atoms with van der Waals surface area (Å²) in [5, 5.41) is 0. The Hall–Kier alpha value is -2.52. The first-order valence-electron chi connectivity index (χ1n) is 9.09. The van der Waals surface area contributed by atoms with Crippen molar-refractivity contribution in [3.8, 4) is 11.5 Å². The number of carbonyl (C=O) groups excluding carboxylic acids is 1. The molecule has 0 N–H and O–H groups in total. The Morgan fingerprint density at radius 2 is 1.83 bits per heavy atom. The first-order valence-corrected chi connectivity index (χ1v) is 9.88. The number of benzene rings is 1. The molecule has 0 aliphatic carbocycles. The fraction of sp³-hybridized carbons (Fsp3) is 0.300. The molecule has 152 valence electrons. The van der Waals surface area contributed by atoms with E-state index >= 15 is 0 Å². The summed E-state index contributed by atoms with van der Waals surface area (Å²) < 4.78 is 36.0. The normalized spacial score (nSPS) is 18.4. The minimum atomic E-state index is -3.72. The molecule has 1 aromatic carbocycles. The van der Waals surface area contributed by atoms with Crippen LogP contribution in [0.25, 0.3) is 6.08 Å². The second-order valence-corrected chi connectivity index (χ2v) is 7.65. The van der Waals surface area contributed by atoms with Gasteiger partial charge in [-0.2, -0.15) is 0 Å². The van der Waals surface area contributed by atoms with Crippen LogP contribution in [-0.2, 0) is 0 Å². The van der Waals surface area contributed by atoms with Gasteiger partial charge in [-0.25, -0.2) is 4.98 Å². The molecule has 2 aliphatic heterocycles. The highest BCUT2D eigenvalue weighted by molar-refractivity contribution is 9.10. The van der Waals surface area contributed by atoms with E-state index in [2.05, 4.69) is 47.4 Å². The van der Waals surface area contributed by atoms with Crippen LogP contribution in [0.15, 0.2) is 47.1 Å². The van der Waals surface area contributed by atoms with Crippen molar-refractivity contribution < 1.29 is 23.0 Å². The number of rotatable bonds is 4. The lowest BCUT2D eigenvalue weighted by Crippen LogP contribution is -2.48. The van der Waals surface area contributed by atoms with E-state index in [1.165, 1.54) is 6.07 Å². The van der Waals surface area contributed by atoms with Crippen LogP contribution in [-0.4, -0.2) is 59.7 Å². The van der Waals surface area contributed by atoms with Crippen LogP contribution < -0.4 is 9.47 Å². The summed E-state index contributed by atoms with van der Waals surface area (Å²) >= 11 is 3.41. The van der Waals surface area contributed by atoms with Gasteiger partial charge in [0.2, 0.25) is 0 Å². The second-order valence-electron chi connectivity index (χ2n) is 6.73. The van der Waals surface area contributed by atoms with Gasteiger partial charge in [0.15, 0.2) is 11.5 Å². The monoisotopic (exact) mass is 465 g/mol. The molecule has 0 unspecified atom stereocenters. The van der Waals surface area contributed by atoms with Crippen molar-refractivity contribution in [2.45, 2.75) is 6.29 Å². The van der Waals surface area contributed by atoms with Gasteiger partial charge in [-0.3, -0.25) is 9.69 Å². The van der Waals surface area contributed by atoms with E-state index in [-0.39, 0.29) is 23.1 Å². The Balaban J connectivity index is 1.29. The van der Waals surface area contributed by atoms with Crippen molar-refractivity contribution in [3.05, 3.63) is 58.3 Å². The second kappa shape index (κ2) is 8.08. The first kappa shape index (κ1) is 19.8. The van der Waals surface area contributed by atoms with Gasteiger partial charge in [0.05, 0.1) is 6.20 Å². The Bertz CT molecular complexity index is 929. The van der Waals surface area contributed by atoms with Crippen molar-refractivity contribution in [1.82, 2.24) is 14.8 Å². The van der Waals surface area contributed by atoms with E-state index in [1.807, 2.05) is 24.3 Å². The predicted molar refractivity (Wildman–Crippen MR) is 106 cm³/mol. The zero-order valence-corrected chi connectivity index (χ0v) is 16.9. The number of amides is 1. The maximum atomic E-state index is 13.1. The van der Waals surface area contributed by atoms with Crippen LogP contribution >= 0.6 is 15.9 Å². The van der Waals surface area contributed by atoms with Crippen LogP contribution in [0, 0.1) is 0 Å². The van der Waals surface area contributed by atoms with E-state index in [9.17, 15) is 13.6 Å². The van der Waals surface area contributed by atoms with Gasteiger partial charge in [-0.1, -0.05) is 40.2 Å². The number of halogens is 3. The van der Waals surface area contributed by atoms with Gasteiger partial charge in [0, 0.05) is 43.3 Å². The van der Waals surface area contributed by atoms with Gasteiger partial charge < -0.3 is 14.4 Å². The molecule has 3 heterocycles. The molecule has 1 aromatic heterocycles. The lowest BCUT2D eigenvalue weighted by molar-refractivity contribution is -0.286. The molecular formula is C20H18BrF2N3O3. The van der Waals surface area contributed by atoms with E-state index in [1.54, 1.807) is 4.90 Å². The number of pyridine rings is 1. The molecule has 1 fully saturated rings. The van der Waals surface area contributed by atoms with Crippen molar-refractivity contribution in [3.63, 3.8) is 0 Å². The van der Waals surface area contributed by atoms with Crippen LogP contribution in [0.1, 0.15) is 16.1 Å². The fourth-order valence-corrected chi connectivity index (χ4v) is 3.45. The summed E-state index contributed by atoms with van der Waals surface area (Å²) in [7, 11) is 0. The third kappa shape index (κ3) is 4.73. The van der Waals surface area contributed by atoms with E-state index in [0.29, 0.717) is 13.1 Å². The minimum absolute atomic E-state index is 0.0636. The average molecular weight is 466 g/mol. The molecule has 2 aromatic rings. The third-order valence-electron chi connectivity index (χ3n) is 4.71. The Labute approximate surface area is 174 Å². The SMILES string of the molecule is O=C(c1cc2c(cn1)OC(F)(F)O2)N1CCN(C/C=C/c2ccc(Br)cc2)CC1. The fourth-order valence-electron chi connectivity index (χ4n) is 3.18. The lowest BCUT2D eigenvalue weighted by Gasteiger charge is -2.34. The van der Waals surface area contributed by atoms with Crippen molar-refractivity contribution in [1.29, 1.82) is 0 Å². The summed E-state index contributed by atoms with van der Waals surface area (Å²) in [6.45, 7) is 3.31. The zero-order valence-electron chi connectivity index (χ0n) is 15.4. The molecule has 0 bridgehead atoms. The minimum Gasteiger partial charge on any atom is -0.395 e. The number of hydrogen-bond donors (Lipinski definition) is 0. The molecular weight excluding hydrogens is 448 g/mol. The number of fused-ring (bicyclic) bond motifs is 1. The zero-order chi connectivity index (χ0) is 20.4. The van der Waals surface area contributed by atoms with Crippen LogP contribution in [0.4, 0.5) is 8.78 Å². The molecule has 0 spiro atoms. The maximum Gasteiger partial charge on any atom is 0.586 e. The highest BCUT2D eigenvalue weighted by Gasteiger charge is 2.44. The quantitative estimate of drug-likeness (QED) is 0.689. The Morgan fingerprint density at radius 1 is 1.14 bits per heavy atom. The number of carbonyl (C=O) groups is 1. The predicted octanol–water partition coefficient (Wildman–Crippen LogP) is 3.64. The molecule has 0 atom stereocenters. The summed E-state index contributed by atoms with van der Waals surface area (Å²) in [6.07, 6.45) is 1.53. The number of aromatic nitrogens is 1. The standard InChI is InChI=1S/C20H18BrF2N3O3/c21-15-5-3-14(4-6-15)2-1-7-25-8-10-26(11-9-25)19(27)16-12-17-18(13-24-16)29-20(22,23)28-17/h1-6,12-13H,7-11H2/b2-1+. The molecule has 9 heteroatoms. The average Bonchev–Trinajstić information content (AvgIpc) is 3.02. The maximum absolute atomic E-state index is 13.1. The highest BCUT2D eigenvalue weighted by atomic mass is 79.9. The summed E-state index contributed by atoms with van der Waals surface area (Å²) in [5.74, 6) is -0.657. The molecule has 1 amide bonds. The van der Waals surface area contributed by atoms with E-state index in [0.717, 1.165) is 35.9 Å². The molecule has 4 rings (SSSR count). The highest BCUT2D eigenvalue weighted by Crippen LogP contribution is 2.40. The number of alkyl halides is 2. The van der Waals surface area contributed by atoms with Gasteiger partial charge in [0.1, 0.15) is 5.69 Å². The van der Waals surface area contributed by atoms with Crippen LogP contribution in [0.2, 0.25) is 0 Å². The van der Waals surface area contributed by atoms with Crippen molar-refractivity contribution in [2.75, 3.05) is 32.7 Å². The van der Waals surface area contributed by atoms with Gasteiger partial charge in [-0.15, -0.1) is 8.78 Å². The van der Waals surface area contributed by atoms with E-state index < -0.39 is 6.29 Å². The molecule has 2 aliphatic rings. The Kier molecular flexibility index (Phi) is 5.51. The van der Waals surface area contributed by atoms with Gasteiger partial charge >= 0.3 is 6.29 Å². The van der Waals surface area contributed by atoms with Crippen LogP contribution in [0.3, 0.4) is 0 Å². The Morgan fingerprint density at radius 3 is 2.55 bits per heavy atom. The molecule has 1 saturated heterocycles. The summed E-state index contributed by atoms with van der Waals surface area (Å²) in [6, 6.07) is 9.26. The molecule has 29 heavy (non-hydrogen) atoms. The number of ether oxygens (including phenoxy) is 2. The van der Waals surface area contributed by atoms with Crippen molar-refractivity contribution in [2.24, 2.45) is 0 Å². The van der Waals surface area contributed by atoms with Crippen LogP contribution in [0.5, 0.6) is 11.5 Å². The summed E-state index contributed by atoms with van der Waals surface area (Å²) in [5.41, 5.74) is 1.19. The number of nitrogens with zero attached hydrogens (tertiary/aromatic N) is 3. The lowest BCUT2D eigenvalue weighted by atomic mass is 10.2. The molecule has 0 saturated carbocycles. The van der Waals surface area contributed by atoms with Crippen molar-refractivity contribution >= 4 is 27.9 Å². The number of piperazine rings is 1. The summed E-state index contributed by atoms with van der Waals surface area (Å²) in [4.78, 5) is 20.5. The smallest absolute Gasteiger partial charge is 0.395 e. The largest absolute Gasteiger partial charge is 0.586 e. The van der Waals surface area contributed by atoms with E-state index in [4.69, 9.17) is 0 Å². The molecule has 0 radical (unpaired) electrons. The topological polar surface area (TPSA) is 54.9 Å². The molecule has 6 nitrogen and oxygen atoms in total. The number of hydrogen-bond acceptors (Lipinski definition) is 5. The first-order chi connectivity index (χ1) is 13.9.